The van der Waals surface area contributed by atoms with E-state index in [1.54, 1.807) is 0 Å². The van der Waals surface area contributed by atoms with Crippen molar-refractivity contribution in [1.82, 2.24) is 0 Å². The smallest absolute Gasteiger partial charge is 0.0423 e. The van der Waals surface area contributed by atoms with Crippen molar-refractivity contribution >= 4 is 11.3 Å². The molecule has 1 aliphatic rings. The molecule has 1 nitrogen and oxygen atoms in total. The highest BCUT2D eigenvalue weighted by atomic mass is 32.1. The molecule has 2 rings (SSSR count). The minimum Gasteiger partial charge on any atom is -0.321 e. The summed E-state index contributed by atoms with van der Waals surface area (Å²) in [5.74, 6) is 0. The zero-order chi connectivity index (χ0) is 10.4. The third-order valence-corrected chi connectivity index (χ3v) is 4.21. The Morgan fingerprint density at radius 1 is 1.36 bits per heavy atom. The van der Waals surface area contributed by atoms with Gasteiger partial charge in [-0.05, 0) is 48.6 Å². The van der Waals surface area contributed by atoms with Crippen LogP contribution < -0.4 is 5.73 Å². The zero-order valence-electron chi connectivity index (χ0n) is 9.26. The summed E-state index contributed by atoms with van der Waals surface area (Å²) in [4.78, 5) is 1.37. The van der Waals surface area contributed by atoms with E-state index in [2.05, 4.69) is 32.2 Å². The van der Waals surface area contributed by atoms with E-state index >= 15 is 0 Å². The first-order valence-electron chi connectivity index (χ1n) is 5.26. The maximum atomic E-state index is 6.48. The Labute approximate surface area is 90.3 Å². The minimum atomic E-state index is -0.0474. The molecule has 0 spiro atoms. The molecule has 1 aliphatic carbocycles. The predicted octanol–water partition coefficient (Wildman–Crippen LogP) is 3.42. The van der Waals surface area contributed by atoms with E-state index in [1.165, 1.54) is 16.9 Å². The lowest BCUT2D eigenvalue weighted by atomic mass is 9.85. The van der Waals surface area contributed by atoms with Crippen LogP contribution in [0.3, 0.4) is 0 Å². The fraction of sp³-hybridized carbons (Fsp3) is 0.667. The molecule has 0 radical (unpaired) electrons. The quantitative estimate of drug-likeness (QED) is 0.753. The number of rotatable bonds is 1. The first-order valence-corrected chi connectivity index (χ1v) is 6.14. The normalized spacial score (nSPS) is 30.9. The number of nitrogens with two attached hydrogens (primary N) is 1. The van der Waals surface area contributed by atoms with Crippen molar-refractivity contribution in [2.45, 2.75) is 45.6 Å². The first kappa shape index (κ1) is 10.2. The van der Waals surface area contributed by atoms with Gasteiger partial charge in [-0.15, -0.1) is 11.3 Å². The lowest BCUT2D eigenvalue weighted by Gasteiger charge is -2.25. The van der Waals surface area contributed by atoms with Crippen LogP contribution in [0.5, 0.6) is 0 Å². The molecule has 78 valence electrons. The largest absolute Gasteiger partial charge is 0.321 e. The Kier molecular flexibility index (Phi) is 2.24. The molecule has 1 fully saturated rings. The number of thiophene rings is 1. The standard InChI is InChI=1S/C12H19NS/c1-9-6-10(7-14-9)12(13)5-4-11(2,3)8-12/h6-7H,4-5,8,13H2,1-3H3. The van der Waals surface area contributed by atoms with Crippen molar-refractivity contribution in [2.75, 3.05) is 0 Å². The summed E-state index contributed by atoms with van der Waals surface area (Å²) in [7, 11) is 0. The summed E-state index contributed by atoms with van der Waals surface area (Å²) in [5, 5.41) is 2.23. The van der Waals surface area contributed by atoms with Crippen molar-refractivity contribution in [3.05, 3.63) is 21.9 Å². The van der Waals surface area contributed by atoms with E-state index in [0.717, 1.165) is 12.8 Å². The van der Waals surface area contributed by atoms with Gasteiger partial charge in [0.15, 0.2) is 0 Å². The van der Waals surface area contributed by atoms with Gasteiger partial charge in [0, 0.05) is 10.4 Å². The van der Waals surface area contributed by atoms with Crippen LogP contribution in [0, 0.1) is 12.3 Å². The van der Waals surface area contributed by atoms with Gasteiger partial charge in [-0.1, -0.05) is 13.8 Å². The lowest BCUT2D eigenvalue weighted by molar-refractivity contribution is 0.340. The molecule has 1 heterocycles. The van der Waals surface area contributed by atoms with Gasteiger partial charge in [0.05, 0.1) is 0 Å². The van der Waals surface area contributed by atoms with Crippen molar-refractivity contribution in [2.24, 2.45) is 11.1 Å². The fourth-order valence-corrected chi connectivity index (χ4v) is 3.35. The molecule has 0 aromatic carbocycles. The van der Waals surface area contributed by atoms with Gasteiger partial charge >= 0.3 is 0 Å². The number of hydrogen-bond donors (Lipinski definition) is 1. The molecule has 0 bridgehead atoms. The van der Waals surface area contributed by atoms with Gasteiger partial charge in [0.2, 0.25) is 0 Å². The van der Waals surface area contributed by atoms with Gasteiger partial charge in [-0.25, -0.2) is 0 Å². The molecule has 2 N–H and O–H groups in total. The van der Waals surface area contributed by atoms with Crippen molar-refractivity contribution in [1.29, 1.82) is 0 Å². The Bertz CT molecular complexity index is 340. The third kappa shape index (κ3) is 1.73. The maximum Gasteiger partial charge on any atom is 0.0423 e. The topological polar surface area (TPSA) is 26.0 Å². The second-order valence-corrected chi connectivity index (χ2v) is 6.56. The summed E-state index contributed by atoms with van der Waals surface area (Å²) >= 11 is 1.81. The summed E-state index contributed by atoms with van der Waals surface area (Å²) < 4.78 is 0. The van der Waals surface area contributed by atoms with Crippen LogP contribution in [0.2, 0.25) is 0 Å². The SMILES string of the molecule is Cc1cc(C2(N)CCC(C)(C)C2)cs1. The van der Waals surface area contributed by atoms with Crippen LogP contribution in [0.4, 0.5) is 0 Å². The molecule has 1 unspecified atom stereocenters. The van der Waals surface area contributed by atoms with Gasteiger partial charge in [-0.3, -0.25) is 0 Å². The number of hydrogen-bond acceptors (Lipinski definition) is 2. The average Bonchev–Trinajstić information content (AvgIpc) is 2.57. The third-order valence-electron chi connectivity index (χ3n) is 3.35. The molecule has 0 amide bonds. The van der Waals surface area contributed by atoms with Crippen molar-refractivity contribution in [3.63, 3.8) is 0 Å². The average molecular weight is 209 g/mol. The van der Waals surface area contributed by atoms with E-state index in [-0.39, 0.29) is 5.54 Å². The van der Waals surface area contributed by atoms with Gasteiger partial charge in [-0.2, -0.15) is 0 Å². The van der Waals surface area contributed by atoms with Crippen LogP contribution in [-0.4, -0.2) is 0 Å². The molecule has 2 heteroatoms. The van der Waals surface area contributed by atoms with Crippen LogP contribution in [0.15, 0.2) is 11.4 Å². The summed E-state index contributed by atoms with van der Waals surface area (Å²) in [6.07, 6.45) is 3.50. The zero-order valence-corrected chi connectivity index (χ0v) is 10.1. The molecule has 1 aromatic rings. The second-order valence-electron chi connectivity index (χ2n) is 5.44. The summed E-state index contributed by atoms with van der Waals surface area (Å²) in [6, 6.07) is 2.26. The number of aryl methyl sites for hydroxylation is 1. The molecule has 1 aromatic heterocycles. The van der Waals surface area contributed by atoms with Crippen LogP contribution in [-0.2, 0) is 5.54 Å². The van der Waals surface area contributed by atoms with Crippen molar-refractivity contribution < 1.29 is 0 Å². The highest BCUT2D eigenvalue weighted by Gasteiger charge is 2.41. The van der Waals surface area contributed by atoms with E-state index in [1.807, 2.05) is 11.3 Å². The van der Waals surface area contributed by atoms with Gasteiger partial charge in [0.1, 0.15) is 0 Å². The van der Waals surface area contributed by atoms with Crippen LogP contribution >= 0.6 is 11.3 Å². The molecule has 0 aliphatic heterocycles. The molecule has 14 heavy (non-hydrogen) atoms. The summed E-state index contributed by atoms with van der Waals surface area (Å²) in [5.41, 5.74) is 8.20. The predicted molar refractivity (Wildman–Crippen MR) is 62.6 cm³/mol. The molecule has 1 saturated carbocycles. The van der Waals surface area contributed by atoms with Gasteiger partial charge in [0.25, 0.3) is 0 Å². The van der Waals surface area contributed by atoms with Gasteiger partial charge < -0.3 is 5.73 Å². The maximum absolute atomic E-state index is 6.48. The molecule has 0 saturated heterocycles. The Balaban J connectivity index is 2.27. The fourth-order valence-electron chi connectivity index (χ4n) is 2.54. The van der Waals surface area contributed by atoms with Crippen LogP contribution in [0.25, 0.3) is 0 Å². The Morgan fingerprint density at radius 3 is 2.50 bits per heavy atom. The Hall–Kier alpha value is -0.340. The highest BCUT2D eigenvalue weighted by Crippen LogP contribution is 2.47. The second kappa shape index (κ2) is 3.07. The first-order chi connectivity index (χ1) is 6.41. The highest BCUT2D eigenvalue weighted by molar-refractivity contribution is 7.10. The van der Waals surface area contributed by atoms with E-state index in [4.69, 9.17) is 5.73 Å². The monoisotopic (exact) mass is 209 g/mol. The molecular weight excluding hydrogens is 190 g/mol. The van der Waals surface area contributed by atoms with E-state index in [9.17, 15) is 0 Å². The summed E-state index contributed by atoms with van der Waals surface area (Å²) in [6.45, 7) is 6.79. The molecule has 1 atom stereocenters. The van der Waals surface area contributed by atoms with E-state index < -0.39 is 0 Å². The Morgan fingerprint density at radius 2 is 2.07 bits per heavy atom. The molecular formula is C12H19NS. The minimum absolute atomic E-state index is 0.0474. The van der Waals surface area contributed by atoms with E-state index in [0.29, 0.717) is 5.41 Å². The lowest BCUT2D eigenvalue weighted by Crippen LogP contribution is -2.34. The van der Waals surface area contributed by atoms with Crippen molar-refractivity contribution in [3.8, 4) is 0 Å². The van der Waals surface area contributed by atoms with Crippen LogP contribution in [0.1, 0.15) is 43.6 Å².